The topological polar surface area (TPSA) is 130 Å². The number of nitriles is 1. The number of hydrogen-bond acceptors (Lipinski definition) is 10. The van der Waals surface area contributed by atoms with E-state index in [-0.39, 0.29) is 44.9 Å². The predicted octanol–water partition coefficient (Wildman–Crippen LogP) is 4.71. The molecule has 1 saturated carbocycles. The van der Waals surface area contributed by atoms with E-state index in [4.69, 9.17) is 21.2 Å². The van der Waals surface area contributed by atoms with E-state index in [9.17, 15) is 9.65 Å². The Morgan fingerprint density at radius 3 is 2.64 bits per heavy atom. The third kappa shape index (κ3) is 5.31. The highest BCUT2D eigenvalue weighted by Gasteiger charge is 2.47. The molecule has 3 aliphatic heterocycles. The van der Waals surface area contributed by atoms with E-state index in [0.29, 0.717) is 30.9 Å². The van der Waals surface area contributed by atoms with Crippen LogP contribution < -0.4 is 21.1 Å². The van der Waals surface area contributed by atoms with Crippen LogP contribution in [0.2, 0.25) is 0 Å². The Hall–Kier alpha value is -3.34. The maximum atomic E-state index is 16.6. The van der Waals surface area contributed by atoms with Gasteiger partial charge < -0.3 is 26.0 Å². The average Bonchev–Trinajstić information content (AvgIpc) is 3.51. The van der Waals surface area contributed by atoms with Crippen molar-refractivity contribution < 1.29 is 17.9 Å². The van der Waals surface area contributed by atoms with Gasteiger partial charge in [-0.2, -0.15) is 15.2 Å². The molecular formula is C31H35F3N8OS. The standard InChI is InChI=1S/C31H35F3N8OS/c32-20-11-21(33)27-22(18(12-35)28(37)44-27)23(20)26-24(34)25-19(13-38-26)29(42-10-2-1-5-17(36)14-42)40-30(39-25)43-16-31(6-7-31)15-41-8-3-4-9-41/h11,13,17,22,27H,1-10,14-16,36-37H2. The third-order valence-electron chi connectivity index (χ3n) is 9.49. The first-order chi connectivity index (χ1) is 21.3. The summed E-state index contributed by atoms with van der Waals surface area (Å²) in [6, 6.07) is 1.92. The van der Waals surface area contributed by atoms with E-state index in [1.54, 1.807) is 0 Å². The number of ether oxygens (including phenoxy) is 1. The Kier molecular flexibility index (Phi) is 7.71. The maximum Gasteiger partial charge on any atom is 0.319 e. The van der Waals surface area contributed by atoms with Crippen LogP contribution in [0.15, 0.2) is 34.5 Å². The molecule has 2 aliphatic carbocycles. The molecule has 44 heavy (non-hydrogen) atoms. The zero-order chi connectivity index (χ0) is 30.6. The second-order valence-electron chi connectivity index (χ2n) is 12.7. The first-order valence-electron chi connectivity index (χ1n) is 15.3. The van der Waals surface area contributed by atoms with Gasteiger partial charge >= 0.3 is 6.01 Å². The highest BCUT2D eigenvalue weighted by molar-refractivity contribution is 8.04. The predicted molar refractivity (Wildman–Crippen MR) is 163 cm³/mol. The molecule has 232 valence electrons. The summed E-state index contributed by atoms with van der Waals surface area (Å²) in [4.78, 5) is 18.1. The number of anilines is 1. The number of fused-ring (bicyclic) bond motifs is 2. The van der Waals surface area contributed by atoms with Gasteiger partial charge in [0.25, 0.3) is 0 Å². The van der Waals surface area contributed by atoms with Crippen molar-refractivity contribution in [2.75, 3.05) is 44.2 Å². The normalized spacial score (nSPS) is 26.9. The summed E-state index contributed by atoms with van der Waals surface area (Å²) >= 11 is 0.925. The molecule has 5 aliphatic rings. The van der Waals surface area contributed by atoms with E-state index >= 15 is 8.78 Å². The van der Waals surface area contributed by atoms with Crippen LogP contribution in [-0.2, 0) is 0 Å². The summed E-state index contributed by atoms with van der Waals surface area (Å²) < 4.78 is 53.2. The van der Waals surface area contributed by atoms with Gasteiger partial charge in [0.05, 0.1) is 33.9 Å². The monoisotopic (exact) mass is 624 g/mol. The van der Waals surface area contributed by atoms with E-state index < -0.39 is 28.6 Å². The minimum absolute atomic E-state index is 0.00613. The van der Waals surface area contributed by atoms with Gasteiger partial charge in [0.1, 0.15) is 28.7 Å². The molecule has 2 aromatic heterocycles. The van der Waals surface area contributed by atoms with Crippen molar-refractivity contribution in [3.8, 4) is 12.1 Å². The lowest BCUT2D eigenvalue weighted by Gasteiger charge is -2.27. The summed E-state index contributed by atoms with van der Waals surface area (Å²) in [6.45, 7) is 4.74. The number of nitrogens with two attached hydrogens (primary N) is 2. The Bertz CT molecular complexity index is 1630. The van der Waals surface area contributed by atoms with Gasteiger partial charge in [0, 0.05) is 54.9 Å². The van der Waals surface area contributed by atoms with E-state index in [1.807, 2.05) is 11.0 Å². The number of likely N-dealkylation sites (tertiary alicyclic amines) is 1. The van der Waals surface area contributed by atoms with Gasteiger partial charge in [-0.3, -0.25) is 4.98 Å². The van der Waals surface area contributed by atoms with Crippen molar-refractivity contribution in [2.45, 2.75) is 56.2 Å². The van der Waals surface area contributed by atoms with Crippen LogP contribution in [0.1, 0.15) is 50.6 Å². The molecule has 5 heterocycles. The molecule has 7 rings (SSSR count). The van der Waals surface area contributed by atoms with Crippen molar-refractivity contribution >= 4 is 34.1 Å². The molecular weight excluding hydrogens is 589 g/mol. The lowest BCUT2D eigenvalue weighted by molar-refractivity contribution is 0.170. The molecule has 0 bridgehead atoms. The molecule has 13 heteroatoms. The minimum Gasteiger partial charge on any atom is -0.463 e. The molecule has 0 aromatic carbocycles. The van der Waals surface area contributed by atoms with E-state index in [2.05, 4.69) is 14.9 Å². The number of pyridine rings is 1. The van der Waals surface area contributed by atoms with Crippen LogP contribution in [0, 0.1) is 28.5 Å². The van der Waals surface area contributed by atoms with Gasteiger partial charge in [0.15, 0.2) is 5.82 Å². The van der Waals surface area contributed by atoms with Crippen molar-refractivity contribution in [1.82, 2.24) is 19.9 Å². The van der Waals surface area contributed by atoms with Gasteiger partial charge in [-0.15, -0.1) is 0 Å². The fourth-order valence-corrected chi connectivity index (χ4v) is 8.10. The van der Waals surface area contributed by atoms with Crippen LogP contribution in [0.3, 0.4) is 0 Å². The SMILES string of the molecule is N#CC1=C(N)SC2C(F)=CC(F)=C(c3ncc4c(N5CCCCC(N)C5)nc(OCC5(CN6CCCC6)CC5)nc4c3F)C12. The minimum atomic E-state index is -1.12. The number of hydrogen-bond donors (Lipinski definition) is 2. The molecule has 0 amide bonds. The highest BCUT2D eigenvalue weighted by Crippen LogP contribution is 2.53. The van der Waals surface area contributed by atoms with Crippen LogP contribution in [0.5, 0.6) is 6.01 Å². The zero-order valence-corrected chi connectivity index (χ0v) is 25.2. The lowest BCUT2D eigenvalue weighted by Crippen LogP contribution is -2.36. The van der Waals surface area contributed by atoms with E-state index in [0.717, 1.165) is 69.6 Å². The lowest BCUT2D eigenvalue weighted by atomic mass is 9.82. The summed E-state index contributed by atoms with van der Waals surface area (Å²) in [5, 5.41) is 9.23. The Labute approximate surface area is 258 Å². The van der Waals surface area contributed by atoms with E-state index in [1.165, 1.54) is 19.0 Å². The average molecular weight is 625 g/mol. The first kappa shape index (κ1) is 29.4. The van der Waals surface area contributed by atoms with Crippen molar-refractivity contribution in [2.24, 2.45) is 22.8 Å². The van der Waals surface area contributed by atoms with Crippen molar-refractivity contribution in [3.63, 3.8) is 0 Å². The second-order valence-corrected chi connectivity index (χ2v) is 13.9. The van der Waals surface area contributed by atoms with Gasteiger partial charge in [-0.25, -0.2) is 13.2 Å². The molecule has 3 atom stereocenters. The van der Waals surface area contributed by atoms with Crippen LogP contribution in [-0.4, -0.2) is 70.5 Å². The van der Waals surface area contributed by atoms with Crippen molar-refractivity contribution in [1.29, 1.82) is 5.26 Å². The number of aromatic nitrogens is 3. The molecule has 4 N–H and O–H groups in total. The van der Waals surface area contributed by atoms with Crippen LogP contribution in [0.25, 0.3) is 16.5 Å². The number of rotatable bonds is 7. The fourth-order valence-electron chi connectivity index (χ4n) is 6.94. The quantitative estimate of drug-likeness (QED) is 0.447. The molecule has 2 saturated heterocycles. The molecule has 3 fully saturated rings. The number of halogens is 3. The summed E-state index contributed by atoms with van der Waals surface area (Å²) in [5.74, 6) is -3.31. The van der Waals surface area contributed by atoms with Crippen LogP contribution >= 0.6 is 11.8 Å². The largest absolute Gasteiger partial charge is 0.463 e. The zero-order valence-electron chi connectivity index (χ0n) is 24.4. The van der Waals surface area contributed by atoms with Gasteiger partial charge in [-0.1, -0.05) is 18.2 Å². The molecule has 0 spiro atoms. The van der Waals surface area contributed by atoms with Crippen LogP contribution in [0.4, 0.5) is 19.0 Å². The maximum absolute atomic E-state index is 16.6. The highest BCUT2D eigenvalue weighted by atomic mass is 32.2. The third-order valence-corrected chi connectivity index (χ3v) is 10.7. The fraction of sp³-hybridized carbons (Fsp3) is 0.548. The number of allylic oxidation sites excluding steroid dienone is 4. The van der Waals surface area contributed by atoms with Gasteiger partial charge in [-0.05, 0) is 51.6 Å². The molecule has 0 radical (unpaired) electrons. The molecule has 2 aromatic rings. The Morgan fingerprint density at radius 2 is 1.89 bits per heavy atom. The molecule has 9 nitrogen and oxygen atoms in total. The first-order valence-corrected chi connectivity index (χ1v) is 16.2. The smallest absolute Gasteiger partial charge is 0.319 e. The summed E-state index contributed by atoms with van der Waals surface area (Å²) in [6.07, 6.45) is 9.38. The summed E-state index contributed by atoms with van der Waals surface area (Å²) in [7, 11) is 0. The van der Waals surface area contributed by atoms with Crippen molar-refractivity contribution in [3.05, 3.63) is 46.0 Å². The Morgan fingerprint density at radius 1 is 1.11 bits per heavy atom. The van der Waals surface area contributed by atoms with Gasteiger partial charge in [0.2, 0.25) is 0 Å². The number of nitrogens with zero attached hydrogens (tertiary/aromatic N) is 6. The second kappa shape index (κ2) is 11.5. The number of thioether (sulfide) groups is 1. The Balaban J connectivity index is 1.30. The summed E-state index contributed by atoms with van der Waals surface area (Å²) in [5.41, 5.74) is 11.8. The molecule has 3 unspecified atom stereocenters.